The number of ether oxygens (including phenoxy) is 2. The normalized spacial score (nSPS) is 29.9. The Labute approximate surface area is 177 Å². The Bertz CT molecular complexity index is 969. The summed E-state index contributed by atoms with van der Waals surface area (Å²) in [5.41, 5.74) is 0.456. The number of hydrogen-bond donors (Lipinski definition) is 4. The highest BCUT2D eigenvalue weighted by molar-refractivity contribution is 7.51. The quantitative estimate of drug-likeness (QED) is 0.359. The summed E-state index contributed by atoms with van der Waals surface area (Å²) >= 11 is 6.18. The van der Waals surface area contributed by atoms with Crippen LogP contribution in [0.2, 0.25) is 5.28 Å². The third-order valence-corrected chi connectivity index (χ3v) is 6.19. The predicted molar refractivity (Wildman–Crippen MR) is 107 cm³/mol. The molecule has 0 amide bonds. The van der Waals surface area contributed by atoms with E-state index in [9.17, 15) is 14.8 Å². The molecule has 5 atom stereocenters. The molecule has 2 aliphatic heterocycles. The second-order valence-corrected chi connectivity index (χ2v) is 9.60. The lowest BCUT2D eigenvalue weighted by molar-refractivity contribution is -0.0610. The Morgan fingerprint density at radius 2 is 2.10 bits per heavy atom. The third kappa shape index (κ3) is 4.21. The molecule has 2 aromatic heterocycles. The first-order valence-corrected chi connectivity index (χ1v) is 11.8. The van der Waals surface area contributed by atoms with Gasteiger partial charge in [-0.05, 0) is 37.4 Å². The number of aliphatic hydroxyl groups excluding tert-OH is 2. The van der Waals surface area contributed by atoms with Gasteiger partial charge in [0.15, 0.2) is 6.23 Å². The molecule has 30 heavy (non-hydrogen) atoms. The van der Waals surface area contributed by atoms with E-state index in [4.69, 9.17) is 30.9 Å². The lowest BCUT2D eigenvalue weighted by Crippen LogP contribution is -2.34. The first kappa shape index (κ1) is 21.9. The highest BCUT2D eigenvalue weighted by Crippen LogP contribution is 2.37. The minimum absolute atomic E-state index is 0.0612. The zero-order chi connectivity index (χ0) is 21.6. The van der Waals surface area contributed by atoms with Gasteiger partial charge in [0.05, 0.1) is 12.0 Å². The molecular weight excluding hydrogens is 439 g/mol. The number of rotatable bonds is 6. The summed E-state index contributed by atoms with van der Waals surface area (Å²) in [4.78, 5) is 28.7. The lowest BCUT2D eigenvalue weighted by Gasteiger charge is -2.23. The Morgan fingerprint density at radius 3 is 2.77 bits per heavy atom. The first-order chi connectivity index (χ1) is 14.2. The van der Waals surface area contributed by atoms with Gasteiger partial charge in [-0.15, -0.1) is 0 Å². The number of aliphatic hydroxyl groups is 2. The van der Waals surface area contributed by atoms with Crippen molar-refractivity contribution < 1.29 is 34.0 Å². The summed E-state index contributed by atoms with van der Waals surface area (Å²) in [5.74, 6) is 0.711. The first-order valence-electron chi connectivity index (χ1n) is 9.60. The van der Waals surface area contributed by atoms with Gasteiger partial charge in [0.1, 0.15) is 36.1 Å². The van der Waals surface area contributed by atoms with Gasteiger partial charge in [-0.2, -0.15) is 9.97 Å². The van der Waals surface area contributed by atoms with Gasteiger partial charge < -0.3 is 38.9 Å². The van der Waals surface area contributed by atoms with Crippen molar-refractivity contribution in [2.45, 2.75) is 50.3 Å². The van der Waals surface area contributed by atoms with Gasteiger partial charge in [-0.25, -0.2) is 0 Å². The second-order valence-electron chi connectivity index (χ2n) is 7.67. The minimum atomic E-state index is -4.34. The van der Waals surface area contributed by atoms with E-state index in [1.165, 1.54) is 0 Å². The molecule has 166 valence electrons. The number of halogens is 1. The molecule has 2 saturated heterocycles. The van der Waals surface area contributed by atoms with Crippen molar-refractivity contribution in [3.05, 3.63) is 17.5 Å². The van der Waals surface area contributed by atoms with E-state index in [0.29, 0.717) is 17.5 Å². The summed E-state index contributed by atoms with van der Waals surface area (Å²) in [6.07, 6.45) is -1.56. The maximum absolute atomic E-state index is 10.9. The zero-order valence-corrected chi connectivity index (χ0v) is 17.9. The molecule has 0 saturated carbocycles. The van der Waals surface area contributed by atoms with E-state index < -0.39 is 38.5 Å². The maximum Gasteiger partial charge on any atom is 0.350 e. The van der Waals surface area contributed by atoms with Gasteiger partial charge in [0.2, 0.25) is 5.28 Å². The van der Waals surface area contributed by atoms with Crippen LogP contribution in [0, 0.1) is 0 Å². The SMILES string of the molecule is C[C@H]1CCCN1c1nc(Cl)nc2c1ccn2[C@@H]1O[C@H](COCP(=O)(O)O)[C@@H](O)[C@H]1O. The molecule has 0 unspecified atom stereocenters. The van der Waals surface area contributed by atoms with Crippen LogP contribution in [-0.2, 0) is 14.0 Å². The molecule has 2 aromatic rings. The molecule has 13 heteroatoms. The fraction of sp³-hybridized carbons (Fsp3) is 0.647. The van der Waals surface area contributed by atoms with Crippen molar-refractivity contribution in [2.75, 3.05) is 24.4 Å². The maximum atomic E-state index is 10.9. The fourth-order valence-electron chi connectivity index (χ4n) is 4.05. The molecular formula is C17H24ClN4O7P. The van der Waals surface area contributed by atoms with Crippen LogP contribution in [-0.4, -0.2) is 78.4 Å². The summed E-state index contributed by atoms with van der Waals surface area (Å²) in [7, 11) is -4.34. The van der Waals surface area contributed by atoms with Crippen LogP contribution < -0.4 is 4.90 Å². The highest BCUT2D eigenvalue weighted by Gasteiger charge is 2.44. The van der Waals surface area contributed by atoms with Crippen LogP contribution in [0.3, 0.4) is 0 Å². The lowest BCUT2D eigenvalue weighted by atomic mass is 10.1. The number of fused-ring (bicyclic) bond motifs is 1. The van der Waals surface area contributed by atoms with Gasteiger partial charge in [-0.1, -0.05) is 0 Å². The van der Waals surface area contributed by atoms with Gasteiger partial charge >= 0.3 is 7.60 Å². The molecule has 11 nitrogen and oxygen atoms in total. The van der Waals surface area contributed by atoms with Crippen molar-refractivity contribution in [1.29, 1.82) is 0 Å². The van der Waals surface area contributed by atoms with E-state index in [2.05, 4.69) is 21.8 Å². The van der Waals surface area contributed by atoms with Crippen LogP contribution in [0.15, 0.2) is 12.3 Å². The Morgan fingerprint density at radius 1 is 1.33 bits per heavy atom. The summed E-state index contributed by atoms with van der Waals surface area (Å²) in [6, 6.07) is 2.12. The predicted octanol–water partition coefficient (Wildman–Crippen LogP) is 0.844. The molecule has 2 aliphatic rings. The van der Waals surface area contributed by atoms with E-state index >= 15 is 0 Å². The minimum Gasteiger partial charge on any atom is -0.387 e. The van der Waals surface area contributed by atoms with Gasteiger partial charge in [0.25, 0.3) is 0 Å². The Balaban J connectivity index is 1.60. The van der Waals surface area contributed by atoms with Crippen molar-refractivity contribution >= 4 is 36.0 Å². The molecule has 0 spiro atoms. The summed E-state index contributed by atoms with van der Waals surface area (Å²) in [6.45, 7) is 2.69. The zero-order valence-electron chi connectivity index (χ0n) is 16.2. The summed E-state index contributed by atoms with van der Waals surface area (Å²) in [5, 5.41) is 21.6. The molecule has 2 fully saturated rings. The van der Waals surface area contributed by atoms with Crippen molar-refractivity contribution in [3.63, 3.8) is 0 Å². The van der Waals surface area contributed by atoms with E-state index in [1.807, 2.05) is 6.07 Å². The number of aromatic nitrogens is 3. The van der Waals surface area contributed by atoms with Crippen LogP contribution in [0.1, 0.15) is 26.0 Å². The summed E-state index contributed by atoms with van der Waals surface area (Å²) < 4.78 is 23.2. The largest absolute Gasteiger partial charge is 0.387 e. The number of anilines is 1. The number of nitrogens with zero attached hydrogens (tertiary/aromatic N) is 4. The van der Waals surface area contributed by atoms with E-state index in [0.717, 1.165) is 24.8 Å². The van der Waals surface area contributed by atoms with Gasteiger partial charge in [-0.3, -0.25) is 4.57 Å². The van der Waals surface area contributed by atoms with E-state index in [1.54, 1.807) is 10.8 Å². The van der Waals surface area contributed by atoms with Crippen LogP contribution in [0.4, 0.5) is 5.82 Å². The van der Waals surface area contributed by atoms with Gasteiger partial charge in [0, 0.05) is 18.8 Å². The van der Waals surface area contributed by atoms with E-state index in [-0.39, 0.29) is 11.9 Å². The van der Waals surface area contributed by atoms with Crippen LogP contribution >= 0.6 is 19.2 Å². The third-order valence-electron chi connectivity index (χ3n) is 5.50. The average molecular weight is 463 g/mol. The standard InChI is InChI=1S/C17H24ClN4O7P/c1-9-3-2-5-21(9)14-10-4-6-22(15(10)20-17(18)19-14)16-13(24)12(23)11(29-16)7-28-8-30(25,26)27/h4,6,9,11-13,16,23-24H,2-3,5,7-8H2,1H3,(H2,25,26,27)/t9-,11+,12+,13+,16+/m0/s1. The average Bonchev–Trinajstić information content (AvgIpc) is 3.34. The Hall–Kier alpha value is -1.30. The van der Waals surface area contributed by atoms with Crippen molar-refractivity contribution in [2.24, 2.45) is 0 Å². The smallest absolute Gasteiger partial charge is 0.350 e. The molecule has 0 aromatic carbocycles. The van der Waals surface area contributed by atoms with Crippen molar-refractivity contribution in [1.82, 2.24) is 14.5 Å². The molecule has 4 rings (SSSR count). The molecule has 0 bridgehead atoms. The monoisotopic (exact) mass is 462 g/mol. The topological polar surface area (TPSA) is 150 Å². The molecule has 4 N–H and O–H groups in total. The fourth-order valence-corrected chi connectivity index (χ4v) is 4.55. The number of hydrogen-bond acceptors (Lipinski definition) is 8. The molecule has 0 aliphatic carbocycles. The molecule has 4 heterocycles. The Kier molecular flexibility index (Phi) is 6.08. The highest BCUT2D eigenvalue weighted by atomic mass is 35.5. The van der Waals surface area contributed by atoms with Crippen molar-refractivity contribution in [3.8, 4) is 0 Å². The van der Waals surface area contributed by atoms with Crippen LogP contribution in [0.25, 0.3) is 11.0 Å². The molecule has 0 radical (unpaired) electrons. The second kappa shape index (κ2) is 8.33. The van der Waals surface area contributed by atoms with Crippen LogP contribution in [0.5, 0.6) is 0 Å².